The summed E-state index contributed by atoms with van der Waals surface area (Å²) in [6.45, 7) is 5.51. The van der Waals surface area contributed by atoms with Gasteiger partial charge in [0.15, 0.2) is 11.6 Å². The quantitative estimate of drug-likeness (QED) is 0.455. The van der Waals surface area contributed by atoms with E-state index in [1.165, 1.54) is 12.5 Å². The van der Waals surface area contributed by atoms with E-state index in [-0.39, 0.29) is 42.4 Å². The second kappa shape index (κ2) is 11.2. The summed E-state index contributed by atoms with van der Waals surface area (Å²) in [6, 6.07) is 8.15. The molecule has 0 saturated carbocycles. The topological polar surface area (TPSA) is 120 Å². The third-order valence-electron chi connectivity index (χ3n) is 6.40. The van der Waals surface area contributed by atoms with Crippen LogP contribution in [0.1, 0.15) is 65.1 Å². The summed E-state index contributed by atoms with van der Waals surface area (Å²) in [4.78, 5) is 39.8. The Hall–Kier alpha value is -3.95. The Bertz CT molecular complexity index is 1200. The molecule has 10 nitrogen and oxygen atoms in total. The molecule has 1 N–H and O–H groups in total. The number of hydrogen-bond acceptors (Lipinski definition) is 7. The predicted octanol–water partition coefficient (Wildman–Crippen LogP) is 3.05. The fourth-order valence-corrected chi connectivity index (χ4v) is 4.27. The molecule has 0 radical (unpaired) electrons. The summed E-state index contributed by atoms with van der Waals surface area (Å²) in [5.74, 6) is 1.81. The van der Waals surface area contributed by atoms with E-state index in [1.54, 1.807) is 42.3 Å². The Labute approximate surface area is 209 Å². The first kappa shape index (κ1) is 25.2. The van der Waals surface area contributed by atoms with Crippen LogP contribution in [0.4, 0.5) is 0 Å². The first-order valence-electron chi connectivity index (χ1n) is 12.1. The molecule has 3 aromatic rings. The number of carbonyl (C=O) groups is 3. The molecule has 0 bridgehead atoms. The molecular weight excluding hydrogens is 462 g/mol. The van der Waals surface area contributed by atoms with Crippen LogP contribution in [0.3, 0.4) is 0 Å². The first-order chi connectivity index (χ1) is 17.4. The summed E-state index contributed by atoms with van der Waals surface area (Å²) in [7, 11) is 1.57. The van der Waals surface area contributed by atoms with Crippen molar-refractivity contribution >= 4 is 17.6 Å². The number of furan rings is 1. The molecule has 2 aromatic heterocycles. The van der Waals surface area contributed by atoms with Crippen LogP contribution in [0.25, 0.3) is 0 Å². The Morgan fingerprint density at radius 3 is 2.47 bits per heavy atom. The number of aromatic nitrogens is 3. The number of nitrogens with one attached hydrogen (secondary N) is 1. The maximum absolute atomic E-state index is 12.9. The van der Waals surface area contributed by atoms with Gasteiger partial charge in [-0.2, -0.15) is 0 Å². The average Bonchev–Trinajstić information content (AvgIpc) is 3.52. The van der Waals surface area contributed by atoms with E-state index in [0.29, 0.717) is 48.8 Å². The molecule has 0 fully saturated rings. The molecule has 0 saturated heterocycles. The van der Waals surface area contributed by atoms with Gasteiger partial charge in [0.1, 0.15) is 17.8 Å². The lowest BCUT2D eigenvalue weighted by atomic mass is 10.0. The van der Waals surface area contributed by atoms with E-state index in [1.807, 2.05) is 18.4 Å². The first-order valence-corrected chi connectivity index (χ1v) is 12.1. The smallest absolute Gasteiger partial charge is 0.255 e. The zero-order chi connectivity index (χ0) is 25.7. The van der Waals surface area contributed by atoms with Gasteiger partial charge in [-0.15, -0.1) is 10.2 Å². The van der Waals surface area contributed by atoms with Gasteiger partial charge in [0.05, 0.1) is 25.0 Å². The lowest BCUT2D eigenvalue weighted by molar-refractivity contribution is -0.131. The summed E-state index contributed by atoms with van der Waals surface area (Å²) >= 11 is 0. The van der Waals surface area contributed by atoms with Gasteiger partial charge < -0.3 is 23.9 Å². The minimum atomic E-state index is -0.349. The van der Waals surface area contributed by atoms with Crippen LogP contribution in [-0.4, -0.2) is 57.5 Å². The van der Waals surface area contributed by atoms with Gasteiger partial charge in [-0.1, -0.05) is 13.8 Å². The summed E-state index contributed by atoms with van der Waals surface area (Å²) < 4.78 is 12.1. The van der Waals surface area contributed by atoms with Gasteiger partial charge in [0.25, 0.3) is 5.91 Å². The lowest BCUT2D eigenvalue weighted by Gasteiger charge is -2.23. The number of ketones is 1. The molecule has 190 valence electrons. The molecule has 4 rings (SSSR count). The largest absolute Gasteiger partial charge is 0.497 e. The van der Waals surface area contributed by atoms with Crippen LogP contribution in [0, 0.1) is 5.92 Å². The molecule has 1 aliphatic heterocycles. The minimum Gasteiger partial charge on any atom is -0.497 e. The molecule has 36 heavy (non-hydrogen) atoms. The van der Waals surface area contributed by atoms with Gasteiger partial charge in [-0.3, -0.25) is 14.4 Å². The average molecular weight is 494 g/mol. The van der Waals surface area contributed by atoms with Crippen molar-refractivity contribution in [3.05, 3.63) is 65.6 Å². The van der Waals surface area contributed by atoms with Crippen LogP contribution < -0.4 is 10.1 Å². The van der Waals surface area contributed by atoms with Crippen molar-refractivity contribution in [2.45, 2.75) is 45.7 Å². The van der Waals surface area contributed by atoms with Gasteiger partial charge in [-0.25, -0.2) is 0 Å². The van der Waals surface area contributed by atoms with Gasteiger partial charge in [-0.05, 0) is 36.2 Å². The zero-order valence-electron chi connectivity index (χ0n) is 20.8. The Morgan fingerprint density at radius 2 is 1.81 bits per heavy atom. The third kappa shape index (κ3) is 5.64. The fourth-order valence-electron chi connectivity index (χ4n) is 4.27. The number of nitrogens with zero attached hydrogens (tertiary/aromatic N) is 4. The molecule has 1 aliphatic rings. The highest BCUT2D eigenvalue weighted by atomic mass is 16.5. The Morgan fingerprint density at radius 1 is 1.03 bits per heavy atom. The normalized spacial score (nSPS) is 14.2. The summed E-state index contributed by atoms with van der Waals surface area (Å²) in [5.41, 5.74) is 1.00. The van der Waals surface area contributed by atoms with Crippen LogP contribution in [0.15, 0.2) is 47.3 Å². The fraction of sp³-hybridized carbons (Fsp3) is 0.423. The highest BCUT2D eigenvalue weighted by molar-refractivity contribution is 5.98. The van der Waals surface area contributed by atoms with E-state index >= 15 is 0 Å². The number of amides is 2. The third-order valence-corrected chi connectivity index (χ3v) is 6.40. The van der Waals surface area contributed by atoms with E-state index in [9.17, 15) is 14.4 Å². The zero-order valence-corrected chi connectivity index (χ0v) is 20.8. The summed E-state index contributed by atoms with van der Waals surface area (Å²) in [6.07, 6.45) is 3.70. The van der Waals surface area contributed by atoms with Crippen molar-refractivity contribution in [2.75, 3.05) is 20.2 Å². The molecule has 1 atom stereocenters. The van der Waals surface area contributed by atoms with E-state index in [0.717, 1.165) is 5.82 Å². The van der Waals surface area contributed by atoms with Crippen molar-refractivity contribution in [1.29, 1.82) is 0 Å². The summed E-state index contributed by atoms with van der Waals surface area (Å²) in [5, 5.41) is 11.8. The van der Waals surface area contributed by atoms with Crippen LogP contribution in [0.2, 0.25) is 0 Å². The molecular formula is C26H31N5O5. The van der Waals surface area contributed by atoms with Crippen molar-refractivity contribution in [2.24, 2.45) is 5.92 Å². The van der Waals surface area contributed by atoms with Crippen molar-refractivity contribution < 1.29 is 23.5 Å². The van der Waals surface area contributed by atoms with Crippen molar-refractivity contribution in [3.8, 4) is 5.75 Å². The van der Waals surface area contributed by atoms with Gasteiger partial charge >= 0.3 is 0 Å². The molecule has 10 heteroatoms. The van der Waals surface area contributed by atoms with E-state index in [2.05, 4.69) is 15.5 Å². The molecule has 0 spiro atoms. The number of ether oxygens (including phenoxy) is 1. The maximum Gasteiger partial charge on any atom is 0.255 e. The van der Waals surface area contributed by atoms with Crippen LogP contribution in [0.5, 0.6) is 5.75 Å². The van der Waals surface area contributed by atoms with Gasteiger partial charge in [0.2, 0.25) is 5.91 Å². The number of hydrogen-bond donors (Lipinski definition) is 1. The molecule has 1 unspecified atom stereocenters. The predicted molar refractivity (Wildman–Crippen MR) is 131 cm³/mol. The lowest BCUT2D eigenvalue weighted by Crippen LogP contribution is -2.35. The highest BCUT2D eigenvalue weighted by Crippen LogP contribution is 2.23. The number of rotatable bonds is 9. The molecule has 2 amide bonds. The highest BCUT2D eigenvalue weighted by Gasteiger charge is 2.29. The Kier molecular flexibility index (Phi) is 7.82. The second-order valence-corrected chi connectivity index (χ2v) is 9.12. The van der Waals surface area contributed by atoms with Crippen molar-refractivity contribution in [3.63, 3.8) is 0 Å². The Balaban J connectivity index is 1.37. The molecule has 1 aromatic carbocycles. The number of carbonyl (C=O) groups excluding carboxylic acids is 3. The maximum atomic E-state index is 12.9. The second-order valence-electron chi connectivity index (χ2n) is 9.12. The monoisotopic (exact) mass is 493 g/mol. The van der Waals surface area contributed by atoms with Crippen LogP contribution in [-0.2, 0) is 17.8 Å². The van der Waals surface area contributed by atoms with Gasteiger partial charge in [0, 0.05) is 44.5 Å². The number of Topliss-reactive ketones (excluding diaryl/α,β-unsaturated/α-hetero) is 1. The van der Waals surface area contributed by atoms with E-state index < -0.39 is 0 Å². The molecule has 3 heterocycles. The number of benzene rings is 1. The molecule has 0 aliphatic carbocycles. The van der Waals surface area contributed by atoms with Crippen molar-refractivity contribution in [1.82, 2.24) is 25.0 Å². The minimum absolute atomic E-state index is 0.0641. The SMILES string of the molecule is COc1ccc(C(=O)CCC(=O)N2CCc3nnc(C(NC(=O)c4ccoc4)C(C)C)n3CC2)cc1. The number of fused-ring (bicyclic) bond motifs is 1. The van der Waals surface area contributed by atoms with Crippen LogP contribution >= 0.6 is 0 Å². The van der Waals surface area contributed by atoms with E-state index in [4.69, 9.17) is 9.15 Å². The standard InChI is InChI=1S/C26H31N5O5/c1-17(2)24(27-26(34)19-11-15-36-16-19)25-29-28-22-10-12-30(13-14-31(22)25)23(33)9-8-21(32)18-4-6-20(35-3)7-5-18/h4-7,11,15-17,24H,8-10,12-14H2,1-3H3,(H,27,34). The number of methoxy groups -OCH3 is 1.